The first-order valence-electron chi connectivity index (χ1n) is 7.05. The molecule has 5 nitrogen and oxygen atoms in total. The number of thioether (sulfide) groups is 1. The minimum atomic E-state index is -0.350. The van der Waals surface area contributed by atoms with Gasteiger partial charge in [0.15, 0.2) is 0 Å². The average molecular weight is 371 g/mol. The van der Waals surface area contributed by atoms with E-state index in [9.17, 15) is 4.79 Å². The van der Waals surface area contributed by atoms with Gasteiger partial charge in [0.1, 0.15) is 27.0 Å². The van der Waals surface area contributed by atoms with Gasteiger partial charge in [-0.15, -0.1) is 11.8 Å². The summed E-state index contributed by atoms with van der Waals surface area (Å²) in [5, 5.41) is 3.91. The zero-order valence-electron chi connectivity index (χ0n) is 12.9. The van der Waals surface area contributed by atoms with Crippen molar-refractivity contribution in [2.45, 2.75) is 31.7 Å². The van der Waals surface area contributed by atoms with Gasteiger partial charge in [0.2, 0.25) is 0 Å². The molecule has 1 amide bonds. The number of hydrogen-bond acceptors (Lipinski definition) is 5. The highest BCUT2D eigenvalue weighted by Crippen LogP contribution is 2.22. The molecule has 0 aliphatic carbocycles. The third-order valence-corrected chi connectivity index (χ3v) is 3.98. The van der Waals surface area contributed by atoms with Crippen LogP contribution in [-0.4, -0.2) is 26.6 Å². The molecule has 0 saturated carbocycles. The first-order valence-corrected chi connectivity index (χ1v) is 8.79. The molecule has 0 spiro atoms. The van der Waals surface area contributed by atoms with Crippen molar-refractivity contribution in [3.63, 3.8) is 0 Å². The summed E-state index contributed by atoms with van der Waals surface area (Å²) in [6, 6.07) is 4.66. The quantitative estimate of drug-likeness (QED) is 0.470. The molecule has 0 atom stereocenters. The molecule has 2 rings (SSSR count). The van der Waals surface area contributed by atoms with Gasteiger partial charge in [0.25, 0.3) is 5.91 Å². The van der Waals surface area contributed by atoms with Crippen LogP contribution in [0.3, 0.4) is 0 Å². The number of aromatic nitrogens is 3. The van der Waals surface area contributed by atoms with Crippen LogP contribution in [0.15, 0.2) is 23.2 Å². The van der Waals surface area contributed by atoms with Crippen LogP contribution in [0.4, 0.5) is 5.82 Å². The van der Waals surface area contributed by atoms with Crippen molar-refractivity contribution in [1.82, 2.24) is 15.0 Å². The number of carbonyl (C=O) groups excluding carboxylic acids is 1. The maximum Gasteiger partial charge on any atom is 0.257 e. The summed E-state index contributed by atoms with van der Waals surface area (Å²) in [5.41, 5.74) is 0.324. The third-order valence-electron chi connectivity index (χ3n) is 2.80. The number of hydrogen-bond donors (Lipinski definition) is 1. The number of carbonyl (C=O) groups is 1. The Morgan fingerprint density at radius 1 is 1.17 bits per heavy atom. The summed E-state index contributed by atoms with van der Waals surface area (Å²) in [6.45, 7) is 6.05. The zero-order chi connectivity index (χ0) is 17.0. The predicted octanol–water partition coefficient (Wildman–Crippen LogP) is 4.67. The Morgan fingerprint density at radius 2 is 1.83 bits per heavy atom. The molecule has 122 valence electrons. The van der Waals surface area contributed by atoms with Gasteiger partial charge in [-0.3, -0.25) is 4.79 Å². The lowest BCUT2D eigenvalue weighted by molar-refractivity contribution is 0.102. The minimum absolute atomic E-state index is 0.160. The Kier molecular flexibility index (Phi) is 6.21. The van der Waals surface area contributed by atoms with E-state index in [0.717, 1.165) is 10.8 Å². The Labute approximate surface area is 149 Å². The molecule has 0 radical (unpaired) electrons. The van der Waals surface area contributed by atoms with Crippen LogP contribution in [0.5, 0.6) is 0 Å². The van der Waals surface area contributed by atoms with E-state index in [0.29, 0.717) is 17.2 Å². The van der Waals surface area contributed by atoms with Gasteiger partial charge in [-0.1, -0.05) is 44.0 Å². The number of rotatable bonds is 5. The molecule has 2 aromatic rings. The fourth-order valence-electron chi connectivity index (χ4n) is 1.77. The summed E-state index contributed by atoms with van der Waals surface area (Å²) >= 11 is 13.2. The number of halogens is 2. The van der Waals surface area contributed by atoms with Crippen LogP contribution in [0.25, 0.3) is 0 Å². The Balaban J connectivity index is 2.29. The van der Waals surface area contributed by atoms with Gasteiger partial charge < -0.3 is 5.32 Å². The molecule has 0 fully saturated rings. The SMILES string of the molecule is CCSc1cc(NC(=O)c2cc(Cl)nc(Cl)c2)nc(C(C)C)n1. The van der Waals surface area contributed by atoms with E-state index in [1.807, 2.05) is 20.8 Å². The Morgan fingerprint density at radius 3 is 2.39 bits per heavy atom. The van der Waals surface area contributed by atoms with Crippen LogP contribution in [0.1, 0.15) is 42.9 Å². The molecule has 0 unspecified atom stereocenters. The number of nitrogens with zero attached hydrogens (tertiary/aromatic N) is 3. The van der Waals surface area contributed by atoms with Crippen LogP contribution < -0.4 is 5.32 Å². The fourth-order valence-corrected chi connectivity index (χ4v) is 2.88. The molecular weight excluding hydrogens is 355 g/mol. The normalized spacial score (nSPS) is 10.9. The van der Waals surface area contributed by atoms with Gasteiger partial charge in [-0.25, -0.2) is 15.0 Å². The highest BCUT2D eigenvalue weighted by Gasteiger charge is 2.13. The Hall–Kier alpha value is -1.37. The summed E-state index contributed by atoms with van der Waals surface area (Å²) in [6.07, 6.45) is 0. The van der Waals surface area contributed by atoms with Crippen LogP contribution in [0, 0.1) is 0 Å². The van der Waals surface area contributed by atoms with Crippen molar-refractivity contribution >= 4 is 46.7 Å². The molecule has 23 heavy (non-hydrogen) atoms. The number of amides is 1. The number of nitrogens with one attached hydrogen (secondary N) is 1. The molecule has 0 aromatic carbocycles. The number of pyridine rings is 1. The van der Waals surface area contributed by atoms with E-state index in [1.54, 1.807) is 17.8 Å². The van der Waals surface area contributed by atoms with Gasteiger partial charge in [0, 0.05) is 17.5 Å². The first kappa shape index (κ1) is 18.0. The van der Waals surface area contributed by atoms with Crippen molar-refractivity contribution in [3.05, 3.63) is 39.9 Å². The highest BCUT2D eigenvalue weighted by atomic mass is 35.5. The van der Waals surface area contributed by atoms with E-state index < -0.39 is 0 Å². The molecule has 0 bridgehead atoms. The van der Waals surface area contributed by atoms with Crippen molar-refractivity contribution in [2.24, 2.45) is 0 Å². The van der Waals surface area contributed by atoms with Gasteiger partial charge in [0.05, 0.1) is 0 Å². The van der Waals surface area contributed by atoms with Crippen molar-refractivity contribution in [1.29, 1.82) is 0 Å². The van der Waals surface area contributed by atoms with Crippen LogP contribution in [-0.2, 0) is 0 Å². The van der Waals surface area contributed by atoms with Crippen molar-refractivity contribution < 1.29 is 4.79 Å². The maximum atomic E-state index is 12.3. The topological polar surface area (TPSA) is 67.8 Å². The highest BCUT2D eigenvalue weighted by molar-refractivity contribution is 7.99. The monoisotopic (exact) mass is 370 g/mol. The standard InChI is InChI=1S/C15H16Cl2N4OS/c1-4-23-13-7-12(19-14(21-13)8(2)3)20-15(22)9-5-10(16)18-11(17)6-9/h5-8H,4H2,1-3H3,(H,19,20,21,22). The van der Waals surface area contributed by atoms with Gasteiger partial charge in [-0.2, -0.15) is 0 Å². The largest absolute Gasteiger partial charge is 0.306 e. The lowest BCUT2D eigenvalue weighted by Crippen LogP contribution is -2.15. The molecule has 1 N–H and O–H groups in total. The average Bonchev–Trinajstić information content (AvgIpc) is 2.46. The van der Waals surface area contributed by atoms with Crippen LogP contribution in [0.2, 0.25) is 10.3 Å². The summed E-state index contributed by atoms with van der Waals surface area (Å²) in [5.74, 6) is 1.83. The van der Waals surface area contributed by atoms with E-state index in [-0.39, 0.29) is 22.1 Å². The number of anilines is 1. The third kappa shape index (κ3) is 5.06. The predicted molar refractivity (Wildman–Crippen MR) is 94.7 cm³/mol. The van der Waals surface area contributed by atoms with E-state index >= 15 is 0 Å². The lowest BCUT2D eigenvalue weighted by Gasteiger charge is -2.11. The molecule has 2 heterocycles. The maximum absolute atomic E-state index is 12.3. The van der Waals surface area contributed by atoms with E-state index in [1.165, 1.54) is 12.1 Å². The molecule has 0 aliphatic heterocycles. The van der Waals surface area contributed by atoms with Gasteiger partial charge in [-0.05, 0) is 17.9 Å². The molecule has 0 saturated heterocycles. The second-order valence-electron chi connectivity index (χ2n) is 4.99. The Bertz CT molecular complexity index is 704. The van der Waals surface area contributed by atoms with Crippen molar-refractivity contribution in [2.75, 3.05) is 11.1 Å². The lowest BCUT2D eigenvalue weighted by atomic mass is 10.2. The summed E-state index contributed by atoms with van der Waals surface area (Å²) in [4.78, 5) is 25.0. The second-order valence-corrected chi connectivity index (χ2v) is 7.05. The summed E-state index contributed by atoms with van der Waals surface area (Å²) in [7, 11) is 0. The summed E-state index contributed by atoms with van der Waals surface area (Å²) < 4.78 is 0. The zero-order valence-corrected chi connectivity index (χ0v) is 15.3. The molecule has 2 aromatic heterocycles. The van der Waals surface area contributed by atoms with Gasteiger partial charge >= 0.3 is 0 Å². The molecular formula is C15H16Cl2N4OS. The van der Waals surface area contributed by atoms with E-state index in [2.05, 4.69) is 20.3 Å². The first-order chi connectivity index (χ1) is 10.9. The fraction of sp³-hybridized carbons (Fsp3) is 0.333. The van der Waals surface area contributed by atoms with E-state index in [4.69, 9.17) is 23.2 Å². The smallest absolute Gasteiger partial charge is 0.257 e. The van der Waals surface area contributed by atoms with Crippen LogP contribution >= 0.6 is 35.0 Å². The molecule has 8 heteroatoms. The van der Waals surface area contributed by atoms with Crippen molar-refractivity contribution in [3.8, 4) is 0 Å². The minimum Gasteiger partial charge on any atom is -0.306 e. The molecule has 0 aliphatic rings. The second kappa shape index (κ2) is 7.95.